The summed E-state index contributed by atoms with van der Waals surface area (Å²) in [4.78, 5) is 11.7. The minimum atomic E-state index is -0.473. The van der Waals surface area contributed by atoms with Gasteiger partial charge in [-0.25, -0.2) is 4.79 Å². The van der Waals surface area contributed by atoms with Crippen LogP contribution >= 0.6 is 11.6 Å². The lowest BCUT2D eigenvalue weighted by atomic mass is 9.86. The van der Waals surface area contributed by atoms with Crippen molar-refractivity contribution in [1.82, 2.24) is 5.32 Å². The second-order valence-corrected chi connectivity index (χ2v) is 6.94. The Bertz CT molecular complexity index is 537. The molecule has 6 heteroatoms. The van der Waals surface area contributed by atoms with Gasteiger partial charge in [0.15, 0.2) is 0 Å². The number of benzene rings is 1. The van der Waals surface area contributed by atoms with E-state index in [0.717, 1.165) is 24.3 Å². The zero-order valence-electron chi connectivity index (χ0n) is 13.4. The van der Waals surface area contributed by atoms with Gasteiger partial charge in [-0.15, -0.1) is 0 Å². The van der Waals surface area contributed by atoms with Crippen LogP contribution in [-0.4, -0.2) is 30.9 Å². The minimum absolute atomic E-state index is 0.137. The molecule has 122 valence electrons. The fourth-order valence-electron chi connectivity index (χ4n) is 2.34. The fourth-order valence-corrected chi connectivity index (χ4v) is 2.51. The van der Waals surface area contributed by atoms with Crippen LogP contribution in [0.3, 0.4) is 0 Å². The fraction of sp³-hybridized carbons (Fsp3) is 0.562. The number of halogens is 1. The lowest BCUT2D eigenvalue weighted by Gasteiger charge is -2.37. The summed E-state index contributed by atoms with van der Waals surface area (Å²) < 4.78 is 10.5. The average molecular weight is 327 g/mol. The van der Waals surface area contributed by atoms with Gasteiger partial charge in [-0.05, 0) is 51.8 Å². The van der Waals surface area contributed by atoms with Crippen LogP contribution in [0.15, 0.2) is 18.2 Å². The molecule has 0 radical (unpaired) electrons. The molecule has 0 atom stereocenters. The van der Waals surface area contributed by atoms with E-state index in [4.69, 9.17) is 21.1 Å². The Hall–Kier alpha value is -1.62. The Morgan fingerprint density at radius 1 is 1.27 bits per heavy atom. The molecule has 0 heterocycles. The van der Waals surface area contributed by atoms with Crippen LogP contribution in [0.4, 0.5) is 10.5 Å². The van der Waals surface area contributed by atoms with E-state index in [9.17, 15) is 4.79 Å². The maximum atomic E-state index is 11.7. The third-order valence-corrected chi connectivity index (χ3v) is 3.62. The van der Waals surface area contributed by atoms with Gasteiger partial charge in [0.05, 0.1) is 12.8 Å². The summed E-state index contributed by atoms with van der Waals surface area (Å²) in [6.07, 6.45) is 1.32. The Morgan fingerprint density at radius 3 is 2.55 bits per heavy atom. The molecular formula is C16H23ClN2O3. The summed E-state index contributed by atoms with van der Waals surface area (Å²) in [5.41, 5.74) is 0.398. The zero-order valence-corrected chi connectivity index (χ0v) is 14.2. The second-order valence-electron chi connectivity index (χ2n) is 6.50. The average Bonchev–Trinajstić information content (AvgIpc) is 2.34. The highest BCUT2D eigenvalue weighted by Gasteiger charge is 2.32. The van der Waals surface area contributed by atoms with Gasteiger partial charge in [-0.3, -0.25) is 0 Å². The third-order valence-electron chi connectivity index (χ3n) is 3.38. The van der Waals surface area contributed by atoms with Gasteiger partial charge in [0.25, 0.3) is 0 Å². The van der Waals surface area contributed by atoms with Crippen molar-refractivity contribution in [2.75, 3.05) is 12.4 Å². The molecule has 1 aliphatic carbocycles. The summed E-state index contributed by atoms with van der Waals surface area (Å²) in [5, 5.41) is 6.92. The molecule has 1 amide bonds. The Kier molecular flexibility index (Phi) is 5.06. The molecule has 1 aromatic rings. The summed E-state index contributed by atoms with van der Waals surface area (Å²) in [6.45, 7) is 5.55. The molecule has 0 bridgehead atoms. The van der Waals surface area contributed by atoms with Gasteiger partial charge in [0.2, 0.25) is 0 Å². The number of alkyl carbamates (subject to hydrolysis) is 1. The van der Waals surface area contributed by atoms with Crippen molar-refractivity contribution in [2.45, 2.75) is 51.3 Å². The van der Waals surface area contributed by atoms with E-state index in [1.54, 1.807) is 13.2 Å². The molecule has 0 spiro atoms. The van der Waals surface area contributed by atoms with Gasteiger partial charge in [-0.1, -0.05) is 11.6 Å². The standard InChI is InChI=1S/C16H23ClN2O3/c1-16(2,3)22-15(20)19-12-8-11(9-12)18-13-7-10(17)5-6-14(13)21-4/h5-7,11-12,18H,8-9H2,1-4H3,(H,19,20). The number of nitrogens with one attached hydrogen (secondary N) is 2. The van der Waals surface area contributed by atoms with Crippen LogP contribution in [0.2, 0.25) is 5.02 Å². The monoisotopic (exact) mass is 326 g/mol. The summed E-state index contributed by atoms with van der Waals surface area (Å²) in [6, 6.07) is 5.89. The normalized spacial score (nSPS) is 20.8. The van der Waals surface area contributed by atoms with E-state index in [0.29, 0.717) is 5.02 Å². The van der Waals surface area contributed by atoms with Gasteiger partial charge in [0.1, 0.15) is 11.4 Å². The summed E-state index contributed by atoms with van der Waals surface area (Å²) >= 11 is 6.01. The largest absolute Gasteiger partial charge is 0.495 e. The number of hydrogen-bond acceptors (Lipinski definition) is 4. The van der Waals surface area contributed by atoms with E-state index in [-0.39, 0.29) is 18.2 Å². The SMILES string of the molecule is COc1ccc(Cl)cc1NC1CC(NC(=O)OC(C)(C)C)C1. The van der Waals surface area contributed by atoms with Crippen LogP contribution < -0.4 is 15.4 Å². The highest BCUT2D eigenvalue weighted by molar-refractivity contribution is 6.30. The van der Waals surface area contributed by atoms with Gasteiger partial charge in [-0.2, -0.15) is 0 Å². The Morgan fingerprint density at radius 2 is 1.95 bits per heavy atom. The van der Waals surface area contributed by atoms with E-state index in [1.807, 2.05) is 32.9 Å². The first-order valence-corrected chi connectivity index (χ1v) is 7.74. The molecule has 1 aromatic carbocycles. The molecular weight excluding hydrogens is 304 g/mol. The highest BCUT2D eigenvalue weighted by Crippen LogP contribution is 2.32. The lowest BCUT2D eigenvalue weighted by molar-refractivity contribution is 0.0475. The molecule has 22 heavy (non-hydrogen) atoms. The van der Waals surface area contributed by atoms with Crippen LogP contribution in [0.25, 0.3) is 0 Å². The molecule has 0 unspecified atom stereocenters. The molecule has 1 fully saturated rings. The van der Waals surface area contributed by atoms with Gasteiger partial charge < -0.3 is 20.1 Å². The number of methoxy groups -OCH3 is 1. The number of carbonyl (C=O) groups excluding carboxylic acids is 1. The van der Waals surface area contributed by atoms with Crippen molar-refractivity contribution in [3.63, 3.8) is 0 Å². The quantitative estimate of drug-likeness (QED) is 0.883. The number of ether oxygens (including phenoxy) is 2. The van der Waals surface area contributed by atoms with Crippen molar-refractivity contribution >= 4 is 23.4 Å². The predicted octanol–water partition coefficient (Wildman–Crippen LogP) is 3.82. The molecule has 1 aliphatic rings. The zero-order chi connectivity index (χ0) is 16.3. The van der Waals surface area contributed by atoms with Crippen molar-refractivity contribution in [1.29, 1.82) is 0 Å². The van der Waals surface area contributed by atoms with Crippen molar-refractivity contribution < 1.29 is 14.3 Å². The Labute approximate surface area is 136 Å². The minimum Gasteiger partial charge on any atom is -0.495 e. The smallest absolute Gasteiger partial charge is 0.407 e. The van der Waals surface area contributed by atoms with Crippen molar-refractivity contribution in [3.8, 4) is 5.75 Å². The van der Waals surface area contributed by atoms with E-state index >= 15 is 0 Å². The number of amides is 1. The van der Waals surface area contributed by atoms with E-state index < -0.39 is 5.60 Å². The predicted molar refractivity (Wildman–Crippen MR) is 87.8 cm³/mol. The Balaban J connectivity index is 1.80. The molecule has 0 saturated heterocycles. The molecule has 2 rings (SSSR count). The first kappa shape index (κ1) is 16.7. The topological polar surface area (TPSA) is 59.6 Å². The maximum absolute atomic E-state index is 11.7. The maximum Gasteiger partial charge on any atom is 0.407 e. The molecule has 0 aliphatic heterocycles. The number of rotatable bonds is 4. The first-order valence-electron chi connectivity index (χ1n) is 7.36. The van der Waals surface area contributed by atoms with Gasteiger partial charge in [0, 0.05) is 17.1 Å². The molecule has 0 aromatic heterocycles. The van der Waals surface area contributed by atoms with Crippen LogP contribution in [-0.2, 0) is 4.74 Å². The number of hydrogen-bond donors (Lipinski definition) is 2. The molecule has 2 N–H and O–H groups in total. The second kappa shape index (κ2) is 6.65. The van der Waals surface area contributed by atoms with Gasteiger partial charge >= 0.3 is 6.09 Å². The number of anilines is 1. The third kappa shape index (κ3) is 4.70. The van der Waals surface area contributed by atoms with Crippen LogP contribution in [0, 0.1) is 0 Å². The first-order chi connectivity index (χ1) is 10.3. The highest BCUT2D eigenvalue weighted by atomic mass is 35.5. The van der Waals surface area contributed by atoms with Crippen molar-refractivity contribution in [2.24, 2.45) is 0 Å². The molecule has 1 saturated carbocycles. The van der Waals surface area contributed by atoms with E-state index in [1.165, 1.54) is 0 Å². The lowest BCUT2D eigenvalue weighted by Crippen LogP contribution is -2.50. The van der Waals surface area contributed by atoms with E-state index in [2.05, 4.69) is 10.6 Å². The van der Waals surface area contributed by atoms with Crippen LogP contribution in [0.5, 0.6) is 5.75 Å². The summed E-state index contributed by atoms with van der Waals surface area (Å²) in [5.74, 6) is 0.757. The number of carbonyl (C=O) groups is 1. The van der Waals surface area contributed by atoms with Crippen molar-refractivity contribution in [3.05, 3.63) is 23.2 Å². The summed E-state index contributed by atoms with van der Waals surface area (Å²) in [7, 11) is 1.63. The molecule has 5 nitrogen and oxygen atoms in total. The van der Waals surface area contributed by atoms with Crippen LogP contribution in [0.1, 0.15) is 33.6 Å².